The monoisotopic (exact) mass is 261 g/mol. The quantitative estimate of drug-likeness (QED) is 0.833. The van der Waals surface area contributed by atoms with Gasteiger partial charge in [0.2, 0.25) is 5.91 Å². The number of nitrogens with one attached hydrogen (secondary N) is 1. The Kier molecular flexibility index (Phi) is 3.93. The topological polar surface area (TPSA) is 29.1 Å². The lowest BCUT2D eigenvalue weighted by molar-refractivity contribution is -0.115. The highest BCUT2D eigenvalue weighted by molar-refractivity contribution is 9.09. The highest BCUT2D eigenvalue weighted by Crippen LogP contribution is 2.25. The highest BCUT2D eigenvalue weighted by Gasteiger charge is 2.04. The molecule has 0 aliphatic heterocycles. The van der Waals surface area contributed by atoms with E-state index in [4.69, 9.17) is 0 Å². The molecule has 4 heteroatoms. The maximum Gasteiger partial charge on any atom is 0.225 e. The minimum Gasteiger partial charge on any atom is -0.318 e. The lowest BCUT2D eigenvalue weighted by Gasteiger charge is -1.98. The van der Waals surface area contributed by atoms with Gasteiger partial charge in [0.15, 0.2) is 0 Å². The Bertz CT molecular complexity index is 289. The maximum absolute atomic E-state index is 11.2. The summed E-state index contributed by atoms with van der Waals surface area (Å²) in [6.07, 6.45) is 0.524. The number of hydrogen-bond acceptors (Lipinski definition) is 2. The molecular weight excluding hydrogens is 250 g/mol. The van der Waals surface area contributed by atoms with Crippen LogP contribution in [0.25, 0.3) is 0 Å². The van der Waals surface area contributed by atoms with Gasteiger partial charge in [0.1, 0.15) is 0 Å². The molecule has 0 fully saturated rings. The number of halogens is 1. The van der Waals surface area contributed by atoms with Crippen molar-refractivity contribution in [1.82, 2.24) is 0 Å². The minimum absolute atomic E-state index is 0.0677. The smallest absolute Gasteiger partial charge is 0.225 e. The minimum atomic E-state index is 0.0677. The number of carbonyl (C=O) groups excluding carboxylic acids is 1. The predicted octanol–water partition coefficient (Wildman–Crippen LogP) is 3.09. The van der Waals surface area contributed by atoms with Gasteiger partial charge >= 0.3 is 0 Å². The lowest BCUT2D eigenvalue weighted by Crippen LogP contribution is -2.10. The van der Waals surface area contributed by atoms with Gasteiger partial charge in [0, 0.05) is 16.6 Å². The van der Waals surface area contributed by atoms with E-state index in [-0.39, 0.29) is 5.91 Å². The van der Waals surface area contributed by atoms with Gasteiger partial charge in [-0.25, -0.2) is 0 Å². The summed E-state index contributed by atoms with van der Waals surface area (Å²) in [5.74, 6) is 0.0677. The van der Waals surface area contributed by atoms with Crippen LogP contribution >= 0.6 is 27.3 Å². The number of amides is 1. The Morgan fingerprint density at radius 2 is 2.31 bits per heavy atom. The molecule has 1 aromatic heterocycles. The molecule has 2 nitrogen and oxygen atoms in total. The Labute approximate surface area is 90.5 Å². The van der Waals surface area contributed by atoms with Crippen LogP contribution in [0, 0.1) is 13.8 Å². The van der Waals surface area contributed by atoms with Gasteiger partial charge in [0.25, 0.3) is 0 Å². The summed E-state index contributed by atoms with van der Waals surface area (Å²) in [4.78, 5) is 12.5. The van der Waals surface area contributed by atoms with Crippen molar-refractivity contribution < 1.29 is 4.79 Å². The number of anilines is 1. The van der Waals surface area contributed by atoms with E-state index in [1.807, 2.05) is 13.0 Å². The average Bonchev–Trinajstić information content (AvgIpc) is 2.31. The van der Waals surface area contributed by atoms with E-state index >= 15 is 0 Å². The Morgan fingerprint density at radius 1 is 1.62 bits per heavy atom. The predicted molar refractivity (Wildman–Crippen MR) is 60.8 cm³/mol. The molecule has 0 saturated carbocycles. The van der Waals surface area contributed by atoms with Crippen LogP contribution in [0.15, 0.2) is 6.07 Å². The number of hydrogen-bond donors (Lipinski definition) is 1. The third-order valence-corrected chi connectivity index (χ3v) is 3.21. The number of thiophene rings is 1. The summed E-state index contributed by atoms with van der Waals surface area (Å²) in [5, 5.41) is 4.51. The molecule has 1 rings (SSSR count). The summed E-state index contributed by atoms with van der Waals surface area (Å²) in [7, 11) is 0. The second-order valence-corrected chi connectivity index (χ2v) is 4.89. The first-order chi connectivity index (χ1) is 6.13. The van der Waals surface area contributed by atoms with Crippen LogP contribution in [0.5, 0.6) is 0 Å². The number of rotatable bonds is 3. The molecule has 1 aromatic rings. The fourth-order valence-corrected chi connectivity index (χ4v) is 2.23. The summed E-state index contributed by atoms with van der Waals surface area (Å²) in [6.45, 7) is 4.10. The van der Waals surface area contributed by atoms with E-state index in [9.17, 15) is 4.79 Å². The zero-order chi connectivity index (χ0) is 9.84. The van der Waals surface area contributed by atoms with Crippen LogP contribution < -0.4 is 5.32 Å². The van der Waals surface area contributed by atoms with Crippen molar-refractivity contribution in [3.05, 3.63) is 16.5 Å². The van der Waals surface area contributed by atoms with E-state index in [1.165, 1.54) is 10.4 Å². The summed E-state index contributed by atoms with van der Waals surface area (Å²) in [5.41, 5.74) is 1.24. The number of aryl methyl sites for hydroxylation is 2. The molecule has 0 aliphatic rings. The third-order valence-electron chi connectivity index (χ3n) is 1.75. The van der Waals surface area contributed by atoms with E-state index in [0.29, 0.717) is 11.8 Å². The van der Waals surface area contributed by atoms with E-state index in [2.05, 4.69) is 28.2 Å². The fraction of sp³-hybridized carbons (Fsp3) is 0.444. The molecule has 0 bridgehead atoms. The van der Waals surface area contributed by atoms with Crippen LogP contribution in [-0.4, -0.2) is 11.2 Å². The Hall–Kier alpha value is -0.350. The van der Waals surface area contributed by atoms with Gasteiger partial charge in [-0.3, -0.25) is 4.79 Å². The van der Waals surface area contributed by atoms with Gasteiger partial charge < -0.3 is 5.32 Å². The molecule has 0 atom stereocenters. The average molecular weight is 262 g/mol. The SMILES string of the molecule is Cc1cc(NC(=O)CCBr)sc1C. The van der Waals surface area contributed by atoms with Gasteiger partial charge in [0.05, 0.1) is 5.00 Å². The number of alkyl halides is 1. The first-order valence-corrected chi connectivity index (χ1v) is 6.00. The molecule has 1 N–H and O–H groups in total. The molecule has 72 valence electrons. The molecule has 0 radical (unpaired) electrons. The van der Waals surface area contributed by atoms with E-state index < -0.39 is 0 Å². The molecule has 0 unspecified atom stereocenters. The molecule has 0 aliphatic carbocycles. The molecule has 13 heavy (non-hydrogen) atoms. The molecule has 0 aromatic carbocycles. The van der Waals surface area contributed by atoms with Crippen LogP contribution in [0.2, 0.25) is 0 Å². The van der Waals surface area contributed by atoms with Crippen LogP contribution in [0.3, 0.4) is 0 Å². The molecular formula is C9H12BrNOS. The van der Waals surface area contributed by atoms with Gasteiger partial charge in [-0.05, 0) is 25.5 Å². The Balaban J connectivity index is 2.59. The van der Waals surface area contributed by atoms with Crippen LogP contribution in [0.1, 0.15) is 16.9 Å². The van der Waals surface area contributed by atoms with Crippen molar-refractivity contribution in [3.8, 4) is 0 Å². The summed E-state index contributed by atoms with van der Waals surface area (Å²) >= 11 is 4.85. The van der Waals surface area contributed by atoms with Crippen LogP contribution in [-0.2, 0) is 4.79 Å². The van der Waals surface area contributed by atoms with Crippen molar-refractivity contribution in [2.75, 3.05) is 10.6 Å². The standard InChI is InChI=1S/C9H12BrNOS/c1-6-5-9(13-7(6)2)11-8(12)3-4-10/h5H,3-4H2,1-2H3,(H,11,12). The van der Waals surface area contributed by atoms with E-state index in [0.717, 1.165) is 5.00 Å². The van der Waals surface area contributed by atoms with Crippen LogP contribution in [0.4, 0.5) is 5.00 Å². The van der Waals surface area contributed by atoms with Gasteiger partial charge in [-0.1, -0.05) is 15.9 Å². The largest absolute Gasteiger partial charge is 0.318 e. The summed E-state index contributed by atoms with van der Waals surface area (Å²) in [6, 6.07) is 2.01. The second-order valence-electron chi connectivity index (χ2n) is 2.84. The molecule has 0 spiro atoms. The molecule has 1 amide bonds. The first-order valence-electron chi connectivity index (χ1n) is 4.06. The van der Waals surface area contributed by atoms with Crippen molar-refractivity contribution in [3.63, 3.8) is 0 Å². The highest BCUT2D eigenvalue weighted by atomic mass is 79.9. The van der Waals surface area contributed by atoms with Crippen molar-refractivity contribution in [2.24, 2.45) is 0 Å². The molecule has 1 heterocycles. The van der Waals surface area contributed by atoms with E-state index in [1.54, 1.807) is 11.3 Å². The van der Waals surface area contributed by atoms with Crippen molar-refractivity contribution in [1.29, 1.82) is 0 Å². The zero-order valence-electron chi connectivity index (χ0n) is 7.69. The first kappa shape index (κ1) is 10.7. The number of carbonyl (C=O) groups is 1. The second kappa shape index (κ2) is 4.77. The van der Waals surface area contributed by atoms with Gasteiger partial charge in [-0.15, -0.1) is 11.3 Å². The van der Waals surface area contributed by atoms with Crippen molar-refractivity contribution in [2.45, 2.75) is 20.3 Å². The molecule has 0 saturated heterocycles. The normalized spacial score (nSPS) is 10.1. The maximum atomic E-state index is 11.2. The third kappa shape index (κ3) is 3.12. The fourth-order valence-electron chi connectivity index (χ4n) is 0.920. The lowest BCUT2D eigenvalue weighted by atomic mass is 10.3. The van der Waals surface area contributed by atoms with Crippen molar-refractivity contribution >= 4 is 38.2 Å². The zero-order valence-corrected chi connectivity index (χ0v) is 10.1. The summed E-state index contributed by atoms with van der Waals surface area (Å²) < 4.78 is 0. The van der Waals surface area contributed by atoms with Gasteiger partial charge in [-0.2, -0.15) is 0 Å². The Morgan fingerprint density at radius 3 is 2.77 bits per heavy atom.